The summed E-state index contributed by atoms with van der Waals surface area (Å²) in [6, 6.07) is 9.57. The number of aliphatic hydroxyl groups excluding tert-OH is 1. The lowest BCUT2D eigenvalue weighted by Crippen LogP contribution is -2.31. The topological polar surface area (TPSA) is 153 Å². The van der Waals surface area contributed by atoms with Gasteiger partial charge in [-0.25, -0.2) is 19.3 Å². The number of aromatic amines is 1. The number of aliphatic hydroxyl groups is 1. The monoisotopic (exact) mass is 485 g/mol. The zero-order valence-corrected chi connectivity index (χ0v) is 19.6. The van der Waals surface area contributed by atoms with Crippen molar-refractivity contribution in [2.75, 3.05) is 12.8 Å². The van der Waals surface area contributed by atoms with E-state index in [1.807, 2.05) is 30.3 Å². The molecule has 1 aliphatic rings. The molecule has 5 aromatic rings. The molecular weight excluding hydrogens is 462 g/mol. The van der Waals surface area contributed by atoms with Gasteiger partial charge in [-0.15, -0.1) is 0 Å². The van der Waals surface area contributed by atoms with Gasteiger partial charge >= 0.3 is 0 Å². The van der Waals surface area contributed by atoms with Gasteiger partial charge in [0, 0.05) is 17.3 Å². The lowest BCUT2D eigenvalue weighted by atomic mass is 10.1. The molecule has 0 spiro atoms. The van der Waals surface area contributed by atoms with Crippen LogP contribution in [0.15, 0.2) is 49.1 Å². The van der Waals surface area contributed by atoms with Crippen molar-refractivity contribution in [1.29, 1.82) is 0 Å². The van der Waals surface area contributed by atoms with Crippen LogP contribution < -0.4 is 10.5 Å². The van der Waals surface area contributed by atoms with Crippen LogP contribution >= 0.6 is 0 Å². The fourth-order valence-electron chi connectivity index (χ4n) is 4.59. The minimum absolute atomic E-state index is 0.250. The molecule has 1 aromatic carbocycles. The highest BCUT2D eigenvalue weighted by molar-refractivity contribution is 5.97. The number of amides is 1. The zero-order valence-electron chi connectivity index (χ0n) is 19.6. The summed E-state index contributed by atoms with van der Waals surface area (Å²) >= 11 is 0. The number of rotatable bonds is 5. The molecule has 4 aromatic heterocycles. The molecule has 0 fully saturated rings. The predicted octanol–water partition coefficient (Wildman–Crippen LogP) is 1.80. The number of fused-ring (bicyclic) bond motifs is 2. The summed E-state index contributed by atoms with van der Waals surface area (Å²) in [6.45, 7) is 2.28. The molecule has 36 heavy (non-hydrogen) atoms. The first-order valence-electron chi connectivity index (χ1n) is 11.3. The molecule has 1 amide bonds. The Bertz CT molecular complexity index is 1600. The first kappa shape index (κ1) is 21.8. The van der Waals surface area contributed by atoms with Crippen LogP contribution in [0.2, 0.25) is 0 Å². The number of pyridine rings is 1. The predicted molar refractivity (Wildman–Crippen MR) is 129 cm³/mol. The van der Waals surface area contributed by atoms with Crippen molar-refractivity contribution in [2.24, 2.45) is 0 Å². The number of ether oxygens (including phenoxy) is 1. The fraction of sp³-hybridized carbons (Fsp3) is 0.208. The summed E-state index contributed by atoms with van der Waals surface area (Å²) < 4.78 is 8.70. The van der Waals surface area contributed by atoms with E-state index in [0.717, 1.165) is 11.3 Å². The average Bonchev–Trinajstić information content (AvgIpc) is 3.68. The number of H-pyrrole nitrogens is 1. The quantitative estimate of drug-likeness (QED) is 0.341. The Kier molecular flexibility index (Phi) is 4.97. The number of para-hydroxylation sites is 1. The number of nitrogens with zero attached hydrogens (tertiary/aromatic N) is 7. The Labute approximate surface area is 205 Å². The molecule has 0 saturated carbocycles. The molecule has 6 rings (SSSR count). The summed E-state index contributed by atoms with van der Waals surface area (Å²) in [6.07, 6.45) is 3.23. The van der Waals surface area contributed by atoms with Gasteiger partial charge in [-0.3, -0.25) is 4.79 Å². The van der Waals surface area contributed by atoms with E-state index < -0.39 is 12.0 Å². The van der Waals surface area contributed by atoms with E-state index in [4.69, 9.17) is 10.5 Å². The van der Waals surface area contributed by atoms with Crippen molar-refractivity contribution >= 4 is 22.6 Å². The molecule has 0 bridgehead atoms. The van der Waals surface area contributed by atoms with Gasteiger partial charge in [0.15, 0.2) is 11.9 Å². The number of methoxy groups -OCH3 is 1. The standard InChI is InChI=1S/C24H23N9O3/c1-13-28-12-32(29-13)23-20-19(18(36-2)9-27-23)15(8-26-20)21(34)24(35)31-10-16-17(11-31)30-33(22(16)25)14-6-4-3-5-7-14/h3-9,12,21,26,34H,10-11,25H2,1-2H3. The fourth-order valence-corrected chi connectivity index (χ4v) is 4.59. The van der Waals surface area contributed by atoms with Crippen molar-refractivity contribution in [3.05, 3.63) is 71.7 Å². The van der Waals surface area contributed by atoms with Gasteiger partial charge in [0.05, 0.1) is 48.7 Å². The van der Waals surface area contributed by atoms with Gasteiger partial charge in [0.1, 0.15) is 23.7 Å². The van der Waals surface area contributed by atoms with Crippen molar-refractivity contribution in [3.63, 3.8) is 0 Å². The van der Waals surface area contributed by atoms with Crippen LogP contribution in [-0.2, 0) is 17.9 Å². The normalized spacial score (nSPS) is 13.8. The minimum atomic E-state index is -1.44. The summed E-state index contributed by atoms with van der Waals surface area (Å²) in [5.74, 6) is 1.50. The summed E-state index contributed by atoms with van der Waals surface area (Å²) in [4.78, 5) is 26.6. The number of anilines is 1. The van der Waals surface area contributed by atoms with Crippen LogP contribution in [0.25, 0.3) is 22.4 Å². The maximum atomic E-state index is 13.4. The molecule has 1 unspecified atom stereocenters. The van der Waals surface area contributed by atoms with E-state index in [1.54, 1.807) is 29.0 Å². The second-order valence-corrected chi connectivity index (χ2v) is 8.54. The number of nitrogens with one attached hydrogen (secondary N) is 1. The number of benzene rings is 1. The summed E-state index contributed by atoms with van der Waals surface area (Å²) in [5.41, 5.74) is 9.64. The molecule has 0 aliphatic carbocycles. The second kappa shape index (κ2) is 8.20. The Hall–Kier alpha value is -4.71. The van der Waals surface area contributed by atoms with Gasteiger partial charge in [0.25, 0.3) is 5.91 Å². The SMILES string of the molecule is COc1cnc(-n2cnc(C)n2)c2[nH]cc(C(O)C(=O)N3Cc4nn(-c5ccccc5)c(N)c4C3)c12. The number of nitrogens with two attached hydrogens (primary N) is 1. The van der Waals surface area contributed by atoms with Crippen molar-refractivity contribution in [3.8, 4) is 17.3 Å². The van der Waals surface area contributed by atoms with Gasteiger partial charge in [0.2, 0.25) is 0 Å². The molecule has 1 aliphatic heterocycles. The average molecular weight is 486 g/mol. The molecule has 182 valence electrons. The molecule has 0 saturated heterocycles. The van der Waals surface area contributed by atoms with Crippen LogP contribution in [0.3, 0.4) is 0 Å². The molecule has 0 radical (unpaired) electrons. The van der Waals surface area contributed by atoms with E-state index in [-0.39, 0.29) is 13.1 Å². The minimum Gasteiger partial charge on any atom is -0.494 e. The Morgan fingerprint density at radius 2 is 2.00 bits per heavy atom. The first-order valence-corrected chi connectivity index (χ1v) is 11.3. The van der Waals surface area contributed by atoms with Gasteiger partial charge in [-0.05, 0) is 19.1 Å². The Balaban J connectivity index is 1.31. The first-order chi connectivity index (χ1) is 17.5. The van der Waals surface area contributed by atoms with Crippen LogP contribution in [-0.4, -0.2) is 57.5 Å². The molecular formula is C24H23N9O3. The number of aryl methyl sites for hydroxylation is 1. The van der Waals surface area contributed by atoms with Gasteiger partial charge in [-0.1, -0.05) is 18.2 Å². The third kappa shape index (κ3) is 3.30. The number of carbonyl (C=O) groups is 1. The second-order valence-electron chi connectivity index (χ2n) is 8.54. The summed E-state index contributed by atoms with van der Waals surface area (Å²) in [5, 5.41) is 20.6. The Morgan fingerprint density at radius 3 is 2.69 bits per heavy atom. The lowest BCUT2D eigenvalue weighted by molar-refractivity contribution is -0.141. The third-order valence-corrected chi connectivity index (χ3v) is 6.37. The van der Waals surface area contributed by atoms with Crippen molar-refractivity contribution in [1.82, 2.24) is 39.4 Å². The molecule has 4 N–H and O–H groups in total. The maximum Gasteiger partial charge on any atom is 0.256 e. The molecule has 1 atom stereocenters. The van der Waals surface area contributed by atoms with E-state index in [9.17, 15) is 9.90 Å². The third-order valence-electron chi connectivity index (χ3n) is 6.37. The van der Waals surface area contributed by atoms with Crippen LogP contribution in [0.1, 0.15) is 28.7 Å². The van der Waals surface area contributed by atoms with Crippen LogP contribution in [0.5, 0.6) is 5.75 Å². The van der Waals surface area contributed by atoms with E-state index >= 15 is 0 Å². The lowest BCUT2D eigenvalue weighted by Gasteiger charge is -2.20. The van der Waals surface area contributed by atoms with Crippen molar-refractivity contribution < 1.29 is 14.6 Å². The number of aromatic nitrogens is 7. The van der Waals surface area contributed by atoms with E-state index in [0.29, 0.717) is 45.4 Å². The smallest absolute Gasteiger partial charge is 0.256 e. The number of nitrogen functional groups attached to an aromatic ring is 1. The van der Waals surface area contributed by atoms with Crippen LogP contribution in [0.4, 0.5) is 5.82 Å². The number of carbonyl (C=O) groups excluding carboxylic acids is 1. The van der Waals surface area contributed by atoms with E-state index in [1.165, 1.54) is 18.0 Å². The van der Waals surface area contributed by atoms with Gasteiger partial charge < -0.3 is 25.5 Å². The number of hydrogen-bond acceptors (Lipinski definition) is 8. The molecule has 12 nitrogen and oxygen atoms in total. The number of hydrogen-bond donors (Lipinski definition) is 3. The Morgan fingerprint density at radius 1 is 1.19 bits per heavy atom. The van der Waals surface area contributed by atoms with Crippen molar-refractivity contribution in [2.45, 2.75) is 26.1 Å². The summed E-state index contributed by atoms with van der Waals surface area (Å²) in [7, 11) is 1.51. The van der Waals surface area contributed by atoms with E-state index in [2.05, 4.69) is 25.1 Å². The molecule has 12 heteroatoms. The highest BCUT2D eigenvalue weighted by Gasteiger charge is 2.34. The van der Waals surface area contributed by atoms with Gasteiger partial charge in [-0.2, -0.15) is 10.2 Å². The zero-order chi connectivity index (χ0) is 25.0. The highest BCUT2D eigenvalue weighted by Crippen LogP contribution is 2.36. The molecule has 5 heterocycles. The highest BCUT2D eigenvalue weighted by atomic mass is 16.5. The largest absolute Gasteiger partial charge is 0.494 e. The van der Waals surface area contributed by atoms with Crippen LogP contribution in [0, 0.1) is 6.92 Å². The maximum absolute atomic E-state index is 13.4.